The summed E-state index contributed by atoms with van der Waals surface area (Å²) < 4.78 is 0. The first-order valence-corrected chi connectivity index (χ1v) is 5.54. The quantitative estimate of drug-likeness (QED) is 0.633. The van der Waals surface area contributed by atoms with Gasteiger partial charge in [-0.3, -0.25) is 0 Å². The smallest absolute Gasteiger partial charge is 0.319 e. The molecule has 0 aliphatic carbocycles. The van der Waals surface area contributed by atoms with Crippen molar-refractivity contribution in [3.05, 3.63) is 0 Å². The van der Waals surface area contributed by atoms with E-state index in [2.05, 4.69) is 13.8 Å². The molecule has 0 aromatic carbocycles. The normalized spacial score (nSPS) is 27.6. The predicted octanol–water partition coefficient (Wildman–Crippen LogP) is 2.18. The Kier molecular flexibility index (Phi) is 3.78. The van der Waals surface area contributed by atoms with Crippen LogP contribution in [0.25, 0.3) is 0 Å². The van der Waals surface area contributed by atoms with Gasteiger partial charge in [0.25, 0.3) is 0 Å². The Morgan fingerprint density at radius 1 is 1.43 bits per heavy atom. The first-order chi connectivity index (χ1) is 6.56. The summed E-state index contributed by atoms with van der Waals surface area (Å²) in [6.07, 6.45) is 3.61. The summed E-state index contributed by atoms with van der Waals surface area (Å²) in [5.41, 5.74) is 0. The number of amides is 2. The van der Waals surface area contributed by atoms with Gasteiger partial charge in [-0.25, -0.2) is 4.79 Å². The van der Waals surface area contributed by atoms with Gasteiger partial charge in [-0.05, 0) is 25.7 Å². The Bertz CT molecular complexity index is 203. The number of rotatable bonds is 1. The predicted molar refractivity (Wildman–Crippen MR) is 58.3 cm³/mol. The van der Waals surface area contributed by atoms with Gasteiger partial charge in [0, 0.05) is 26.7 Å². The summed E-state index contributed by atoms with van der Waals surface area (Å²) in [5, 5.41) is 0. The minimum absolute atomic E-state index is 0.163. The molecular weight excluding hydrogens is 176 g/mol. The molecule has 1 heterocycles. The van der Waals surface area contributed by atoms with Gasteiger partial charge in [-0.2, -0.15) is 0 Å². The molecule has 3 nitrogen and oxygen atoms in total. The number of hydrogen-bond acceptors (Lipinski definition) is 1. The van der Waals surface area contributed by atoms with Crippen molar-refractivity contribution < 1.29 is 4.79 Å². The summed E-state index contributed by atoms with van der Waals surface area (Å²) >= 11 is 0. The highest BCUT2D eigenvalue weighted by molar-refractivity contribution is 5.74. The van der Waals surface area contributed by atoms with Crippen molar-refractivity contribution in [2.75, 3.05) is 20.6 Å². The summed E-state index contributed by atoms with van der Waals surface area (Å²) in [5.74, 6) is 0.704. The van der Waals surface area contributed by atoms with Crippen LogP contribution in [0.1, 0.15) is 33.1 Å². The van der Waals surface area contributed by atoms with Crippen LogP contribution in [0.5, 0.6) is 0 Å². The zero-order valence-corrected chi connectivity index (χ0v) is 9.79. The van der Waals surface area contributed by atoms with Crippen molar-refractivity contribution in [3.8, 4) is 0 Å². The SMILES string of the molecule is CC[C@@H]1CC[C@H](C)N(C(=O)N(C)C)C1. The van der Waals surface area contributed by atoms with Crippen molar-refractivity contribution in [2.45, 2.75) is 39.2 Å². The highest BCUT2D eigenvalue weighted by Gasteiger charge is 2.28. The van der Waals surface area contributed by atoms with Gasteiger partial charge < -0.3 is 9.80 Å². The van der Waals surface area contributed by atoms with Crippen molar-refractivity contribution in [1.29, 1.82) is 0 Å². The molecule has 14 heavy (non-hydrogen) atoms. The maximum absolute atomic E-state index is 11.8. The Labute approximate surface area is 87.1 Å². The molecule has 2 atom stereocenters. The first-order valence-electron chi connectivity index (χ1n) is 5.54. The van der Waals surface area contributed by atoms with Gasteiger partial charge in [-0.15, -0.1) is 0 Å². The topological polar surface area (TPSA) is 23.6 Å². The summed E-state index contributed by atoms with van der Waals surface area (Å²) in [6.45, 7) is 5.29. The molecule has 0 aromatic rings. The van der Waals surface area contributed by atoms with E-state index in [-0.39, 0.29) is 6.03 Å². The van der Waals surface area contributed by atoms with Crippen LogP contribution >= 0.6 is 0 Å². The maximum Gasteiger partial charge on any atom is 0.319 e. The van der Waals surface area contributed by atoms with Crippen LogP contribution in [0.15, 0.2) is 0 Å². The number of nitrogens with zero attached hydrogens (tertiary/aromatic N) is 2. The fraction of sp³-hybridized carbons (Fsp3) is 0.909. The van der Waals surface area contributed by atoms with Crippen molar-refractivity contribution in [2.24, 2.45) is 5.92 Å². The first kappa shape index (κ1) is 11.3. The van der Waals surface area contributed by atoms with E-state index < -0.39 is 0 Å². The Morgan fingerprint density at radius 2 is 2.07 bits per heavy atom. The van der Waals surface area contributed by atoms with Crippen LogP contribution in [-0.2, 0) is 0 Å². The molecule has 1 fully saturated rings. The van der Waals surface area contributed by atoms with E-state index in [1.54, 1.807) is 4.90 Å². The van der Waals surface area contributed by atoms with E-state index in [9.17, 15) is 4.79 Å². The van der Waals surface area contributed by atoms with Gasteiger partial charge in [0.1, 0.15) is 0 Å². The molecule has 0 spiro atoms. The third-order valence-electron chi connectivity index (χ3n) is 3.19. The largest absolute Gasteiger partial charge is 0.331 e. The standard InChI is InChI=1S/C11H22N2O/c1-5-10-7-6-9(2)13(8-10)11(14)12(3)4/h9-10H,5-8H2,1-4H3/t9-,10+/m0/s1. The molecular formula is C11H22N2O. The third-order valence-corrected chi connectivity index (χ3v) is 3.19. The van der Waals surface area contributed by atoms with Gasteiger partial charge in [0.05, 0.1) is 0 Å². The van der Waals surface area contributed by atoms with E-state index in [1.807, 2.05) is 19.0 Å². The number of hydrogen-bond donors (Lipinski definition) is 0. The molecule has 1 aliphatic heterocycles. The number of urea groups is 1. The van der Waals surface area contributed by atoms with E-state index in [0.717, 1.165) is 13.0 Å². The van der Waals surface area contributed by atoms with Gasteiger partial charge >= 0.3 is 6.03 Å². The molecule has 1 aliphatic rings. The molecule has 82 valence electrons. The molecule has 0 unspecified atom stereocenters. The number of likely N-dealkylation sites (tertiary alicyclic amines) is 1. The molecule has 0 saturated carbocycles. The van der Waals surface area contributed by atoms with E-state index >= 15 is 0 Å². The second-order valence-electron chi connectivity index (χ2n) is 4.53. The lowest BCUT2D eigenvalue weighted by atomic mass is 9.92. The Hall–Kier alpha value is -0.730. The molecule has 1 saturated heterocycles. The van der Waals surface area contributed by atoms with Crippen LogP contribution in [0.3, 0.4) is 0 Å². The molecule has 0 aromatic heterocycles. The second-order valence-corrected chi connectivity index (χ2v) is 4.53. The zero-order valence-electron chi connectivity index (χ0n) is 9.79. The molecule has 0 bridgehead atoms. The molecule has 1 rings (SSSR count). The van der Waals surface area contributed by atoms with E-state index in [4.69, 9.17) is 0 Å². The monoisotopic (exact) mass is 198 g/mol. The third kappa shape index (κ3) is 2.40. The highest BCUT2D eigenvalue weighted by atomic mass is 16.2. The van der Waals surface area contributed by atoms with Crippen LogP contribution < -0.4 is 0 Å². The van der Waals surface area contributed by atoms with Gasteiger partial charge in [0.15, 0.2) is 0 Å². The summed E-state index contributed by atoms with van der Waals surface area (Å²) in [7, 11) is 3.65. The van der Waals surface area contributed by atoms with Gasteiger partial charge in [0.2, 0.25) is 0 Å². The highest BCUT2D eigenvalue weighted by Crippen LogP contribution is 2.24. The van der Waals surface area contributed by atoms with E-state index in [0.29, 0.717) is 12.0 Å². The number of piperidine rings is 1. The molecule has 3 heteroatoms. The minimum Gasteiger partial charge on any atom is -0.331 e. The van der Waals surface area contributed by atoms with Crippen LogP contribution in [0, 0.1) is 5.92 Å². The van der Waals surface area contributed by atoms with Crippen molar-refractivity contribution in [1.82, 2.24) is 9.80 Å². The Morgan fingerprint density at radius 3 is 2.57 bits per heavy atom. The summed E-state index contributed by atoms with van der Waals surface area (Å²) in [4.78, 5) is 15.5. The zero-order chi connectivity index (χ0) is 10.7. The molecule has 0 radical (unpaired) electrons. The molecule has 0 N–H and O–H groups in total. The molecule has 2 amide bonds. The van der Waals surface area contributed by atoms with E-state index in [1.165, 1.54) is 12.8 Å². The lowest BCUT2D eigenvalue weighted by molar-refractivity contribution is 0.111. The number of carbonyl (C=O) groups excluding carboxylic acids is 1. The maximum atomic E-state index is 11.8. The van der Waals surface area contributed by atoms with Crippen molar-refractivity contribution >= 4 is 6.03 Å². The second kappa shape index (κ2) is 4.67. The lowest BCUT2D eigenvalue weighted by Crippen LogP contribution is -2.49. The van der Waals surface area contributed by atoms with Crippen molar-refractivity contribution in [3.63, 3.8) is 0 Å². The van der Waals surface area contributed by atoms with Crippen LogP contribution in [-0.4, -0.2) is 42.5 Å². The van der Waals surface area contributed by atoms with Gasteiger partial charge in [-0.1, -0.05) is 13.3 Å². The number of carbonyl (C=O) groups is 1. The average molecular weight is 198 g/mol. The van der Waals surface area contributed by atoms with Crippen LogP contribution in [0.4, 0.5) is 4.79 Å². The minimum atomic E-state index is 0.163. The average Bonchev–Trinajstić information content (AvgIpc) is 2.17. The summed E-state index contributed by atoms with van der Waals surface area (Å²) in [6, 6.07) is 0.573. The fourth-order valence-electron chi connectivity index (χ4n) is 2.04. The Balaban J connectivity index is 2.60. The fourth-order valence-corrected chi connectivity index (χ4v) is 2.04. The van der Waals surface area contributed by atoms with Crippen LogP contribution in [0.2, 0.25) is 0 Å². The lowest BCUT2D eigenvalue weighted by Gasteiger charge is -2.39.